The van der Waals surface area contributed by atoms with Crippen LogP contribution in [0, 0.1) is 5.92 Å². The van der Waals surface area contributed by atoms with Crippen LogP contribution in [0.4, 0.5) is 0 Å². The van der Waals surface area contributed by atoms with E-state index in [0.717, 1.165) is 19.0 Å². The zero-order chi connectivity index (χ0) is 8.69. The minimum atomic E-state index is 0.467. The Bertz CT molecular complexity index is 83.6. The molecule has 0 aromatic carbocycles. The summed E-state index contributed by atoms with van der Waals surface area (Å²) in [4.78, 5) is 0. The Kier molecular flexibility index (Phi) is 6.57. The molecule has 0 spiro atoms. The van der Waals surface area contributed by atoms with Crippen molar-refractivity contribution in [1.82, 2.24) is 5.32 Å². The lowest BCUT2D eigenvalue weighted by molar-refractivity contribution is 0.441. The summed E-state index contributed by atoms with van der Waals surface area (Å²) in [6.07, 6.45) is 2.59. The lowest BCUT2D eigenvalue weighted by atomic mass is 10.1. The molecule has 0 bridgehead atoms. The second kappa shape index (κ2) is 6.62. The average molecular weight is 158 g/mol. The van der Waals surface area contributed by atoms with Crippen LogP contribution < -0.4 is 11.1 Å². The van der Waals surface area contributed by atoms with E-state index in [0.29, 0.717) is 6.04 Å². The number of rotatable bonds is 6. The third kappa shape index (κ3) is 6.32. The van der Waals surface area contributed by atoms with Crippen LogP contribution in [-0.2, 0) is 0 Å². The summed E-state index contributed by atoms with van der Waals surface area (Å²) in [5, 5.41) is 3.39. The van der Waals surface area contributed by atoms with Crippen LogP contribution in [0.25, 0.3) is 0 Å². The van der Waals surface area contributed by atoms with Gasteiger partial charge in [0, 0.05) is 12.6 Å². The molecule has 0 aromatic heterocycles. The Hall–Kier alpha value is -0.0800. The van der Waals surface area contributed by atoms with Crippen LogP contribution in [0.3, 0.4) is 0 Å². The molecule has 0 aliphatic rings. The number of nitrogens with two attached hydrogens (primary N) is 1. The quantitative estimate of drug-likeness (QED) is 0.612. The predicted octanol–water partition coefficient (Wildman–Crippen LogP) is 1.36. The van der Waals surface area contributed by atoms with Gasteiger partial charge in [0.05, 0.1) is 0 Å². The molecular formula is C9H22N2. The highest BCUT2D eigenvalue weighted by Crippen LogP contribution is 2.02. The summed E-state index contributed by atoms with van der Waals surface area (Å²) < 4.78 is 0. The van der Waals surface area contributed by atoms with Gasteiger partial charge in [-0.15, -0.1) is 0 Å². The normalized spacial score (nSPS) is 16.4. The van der Waals surface area contributed by atoms with Gasteiger partial charge in [-0.1, -0.05) is 20.3 Å². The molecule has 0 aliphatic heterocycles. The molecule has 2 nitrogen and oxygen atoms in total. The average Bonchev–Trinajstić information content (AvgIpc) is 2.01. The Morgan fingerprint density at radius 2 is 2.00 bits per heavy atom. The van der Waals surface area contributed by atoms with E-state index in [4.69, 9.17) is 5.73 Å². The van der Waals surface area contributed by atoms with Gasteiger partial charge in [0.25, 0.3) is 0 Å². The first kappa shape index (κ1) is 10.9. The van der Waals surface area contributed by atoms with Gasteiger partial charge >= 0.3 is 0 Å². The SMILES string of the molecule is CCCC(C)CN[C@@H](C)CN. The maximum absolute atomic E-state index is 5.47. The minimum absolute atomic E-state index is 0.467. The highest BCUT2D eigenvalue weighted by atomic mass is 14.9. The fourth-order valence-corrected chi connectivity index (χ4v) is 1.08. The maximum atomic E-state index is 5.47. The topological polar surface area (TPSA) is 38.0 Å². The molecule has 0 saturated carbocycles. The third-order valence-electron chi connectivity index (χ3n) is 1.95. The van der Waals surface area contributed by atoms with Crippen LogP contribution in [0.15, 0.2) is 0 Å². The first-order valence-electron chi connectivity index (χ1n) is 4.64. The van der Waals surface area contributed by atoms with E-state index in [2.05, 4.69) is 26.1 Å². The molecule has 0 aromatic rings. The van der Waals surface area contributed by atoms with Gasteiger partial charge in [-0.25, -0.2) is 0 Å². The lowest BCUT2D eigenvalue weighted by Crippen LogP contribution is -2.35. The van der Waals surface area contributed by atoms with Crippen molar-refractivity contribution in [3.8, 4) is 0 Å². The summed E-state index contributed by atoms with van der Waals surface area (Å²) in [6.45, 7) is 8.46. The Labute approximate surface area is 70.5 Å². The van der Waals surface area contributed by atoms with Crippen molar-refractivity contribution in [3.05, 3.63) is 0 Å². The summed E-state index contributed by atoms with van der Waals surface area (Å²) in [7, 11) is 0. The van der Waals surface area contributed by atoms with E-state index in [-0.39, 0.29) is 0 Å². The minimum Gasteiger partial charge on any atom is -0.329 e. The fraction of sp³-hybridized carbons (Fsp3) is 1.00. The largest absolute Gasteiger partial charge is 0.329 e. The summed E-state index contributed by atoms with van der Waals surface area (Å²) in [6, 6.07) is 0.467. The smallest absolute Gasteiger partial charge is 0.0162 e. The zero-order valence-electron chi connectivity index (χ0n) is 8.06. The van der Waals surface area contributed by atoms with Gasteiger partial charge in [-0.05, 0) is 25.8 Å². The van der Waals surface area contributed by atoms with Gasteiger partial charge in [0.1, 0.15) is 0 Å². The van der Waals surface area contributed by atoms with Crippen molar-refractivity contribution in [2.24, 2.45) is 11.7 Å². The second-order valence-corrected chi connectivity index (χ2v) is 3.44. The molecule has 68 valence electrons. The summed E-state index contributed by atoms with van der Waals surface area (Å²) in [5.41, 5.74) is 5.47. The van der Waals surface area contributed by atoms with Crippen molar-refractivity contribution in [3.63, 3.8) is 0 Å². The number of nitrogens with one attached hydrogen (secondary N) is 1. The molecule has 2 heteroatoms. The van der Waals surface area contributed by atoms with Crippen molar-refractivity contribution in [2.45, 2.75) is 39.7 Å². The van der Waals surface area contributed by atoms with Gasteiger partial charge in [0.2, 0.25) is 0 Å². The molecule has 0 fully saturated rings. The Balaban J connectivity index is 3.22. The predicted molar refractivity (Wildman–Crippen MR) is 50.6 cm³/mol. The Morgan fingerprint density at radius 3 is 2.45 bits per heavy atom. The van der Waals surface area contributed by atoms with Gasteiger partial charge in [-0.2, -0.15) is 0 Å². The van der Waals surface area contributed by atoms with Crippen LogP contribution in [0.5, 0.6) is 0 Å². The van der Waals surface area contributed by atoms with E-state index in [1.165, 1.54) is 12.8 Å². The molecule has 0 amide bonds. The third-order valence-corrected chi connectivity index (χ3v) is 1.95. The zero-order valence-corrected chi connectivity index (χ0v) is 8.06. The van der Waals surface area contributed by atoms with Crippen molar-refractivity contribution >= 4 is 0 Å². The molecule has 0 radical (unpaired) electrons. The van der Waals surface area contributed by atoms with E-state index in [9.17, 15) is 0 Å². The van der Waals surface area contributed by atoms with Gasteiger partial charge < -0.3 is 11.1 Å². The first-order valence-corrected chi connectivity index (χ1v) is 4.64. The standard InChI is InChI=1S/C9H22N2/c1-4-5-8(2)7-11-9(3)6-10/h8-9,11H,4-7,10H2,1-3H3/t8?,9-/m0/s1. The highest BCUT2D eigenvalue weighted by molar-refractivity contribution is 4.63. The fourth-order valence-electron chi connectivity index (χ4n) is 1.08. The number of hydrogen-bond acceptors (Lipinski definition) is 2. The molecule has 2 atom stereocenters. The van der Waals surface area contributed by atoms with Crippen LogP contribution in [0.1, 0.15) is 33.6 Å². The van der Waals surface area contributed by atoms with Crippen LogP contribution >= 0.6 is 0 Å². The van der Waals surface area contributed by atoms with E-state index >= 15 is 0 Å². The molecule has 3 N–H and O–H groups in total. The highest BCUT2D eigenvalue weighted by Gasteiger charge is 2.02. The van der Waals surface area contributed by atoms with Crippen molar-refractivity contribution < 1.29 is 0 Å². The molecule has 0 aliphatic carbocycles. The van der Waals surface area contributed by atoms with Crippen molar-refractivity contribution in [2.75, 3.05) is 13.1 Å². The molecule has 0 heterocycles. The van der Waals surface area contributed by atoms with E-state index in [1.54, 1.807) is 0 Å². The maximum Gasteiger partial charge on any atom is 0.0162 e. The van der Waals surface area contributed by atoms with Gasteiger partial charge in [0.15, 0.2) is 0 Å². The molecule has 0 rings (SSSR count). The lowest BCUT2D eigenvalue weighted by Gasteiger charge is -2.15. The molecular weight excluding hydrogens is 136 g/mol. The molecule has 11 heavy (non-hydrogen) atoms. The molecule has 1 unspecified atom stereocenters. The van der Waals surface area contributed by atoms with Gasteiger partial charge in [-0.3, -0.25) is 0 Å². The second-order valence-electron chi connectivity index (χ2n) is 3.44. The monoisotopic (exact) mass is 158 g/mol. The van der Waals surface area contributed by atoms with Crippen LogP contribution in [-0.4, -0.2) is 19.1 Å². The first-order chi connectivity index (χ1) is 5.20. The molecule has 0 saturated heterocycles. The van der Waals surface area contributed by atoms with E-state index in [1.807, 2.05) is 0 Å². The Morgan fingerprint density at radius 1 is 1.36 bits per heavy atom. The van der Waals surface area contributed by atoms with Crippen molar-refractivity contribution in [1.29, 1.82) is 0 Å². The van der Waals surface area contributed by atoms with Crippen LogP contribution in [0.2, 0.25) is 0 Å². The van der Waals surface area contributed by atoms with E-state index < -0.39 is 0 Å². The number of hydrogen-bond donors (Lipinski definition) is 2. The summed E-state index contributed by atoms with van der Waals surface area (Å²) >= 11 is 0. The summed E-state index contributed by atoms with van der Waals surface area (Å²) in [5.74, 6) is 0.786.